The van der Waals surface area contributed by atoms with Gasteiger partial charge < -0.3 is 9.84 Å². The van der Waals surface area contributed by atoms with Gasteiger partial charge in [-0.25, -0.2) is 4.79 Å². The molecule has 0 spiro atoms. The van der Waals surface area contributed by atoms with E-state index in [4.69, 9.17) is 5.11 Å². The average molecular weight is 208 g/mol. The van der Waals surface area contributed by atoms with Crippen LogP contribution in [0.15, 0.2) is 0 Å². The highest BCUT2D eigenvalue weighted by atomic mass is 35.5. The molecule has 2 aliphatic rings. The van der Waals surface area contributed by atoms with Crippen LogP contribution in [0.2, 0.25) is 0 Å². The summed E-state index contributed by atoms with van der Waals surface area (Å²) in [5.74, 6) is 0.648. The monoisotopic (exact) mass is 207 g/mol. The molecule has 0 aromatic carbocycles. The lowest BCUT2D eigenvalue weighted by molar-refractivity contribution is 0.0420. The summed E-state index contributed by atoms with van der Waals surface area (Å²) in [7, 11) is 0. The van der Waals surface area contributed by atoms with E-state index in [0.717, 1.165) is 6.42 Å². The van der Waals surface area contributed by atoms with E-state index in [2.05, 4.69) is 10.1 Å². The molecule has 0 radical (unpaired) electrons. The van der Waals surface area contributed by atoms with Gasteiger partial charge in [-0.05, 0) is 18.8 Å². The fraction of sp³-hybridized carbons (Fsp3) is 0.875. The summed E-state index contributed by atoms with van der Waals surface area (Å²) in [4.78, 5) is 10.2. The molecular formula is C8H14ClNO3. The van der Waals surface area contributed by atoms with Crippen LogP contribution in [-0.4, -0.2) is 23.5 Å². The Labute approximate surface area is 83.1 Å². The Bertz CT molecular complexity index is 188. The van der Waals surface area contributed by atoms with E-state index in [1.165, 1.54) is 19.3 Å². The molecule has 5 heteroatoms. The number of fused-ring (bicyclic) bond motifs is 1. The van der Waals surface area contributed by atoms with Crippen LogP contribution in [-0.2, 0) is 4.74 Å². The van der Waals surface area contributed by atoms with Crippen molar-refractivity contribution in [3.63, 3.8) is 0 Å². The molecule has 76 valence electrons. The fourth-order valence-electron chi connectivity index (χ4n) is 2.32. The molecule has 0 aromatic rings. The molecule has 1 aliphatic carbocycles. The molecule has 0 aromatic heterocycles. The van der Waals surface area contributed by atoms with Crippen LogP contribution in [0.4, 0.5) is 4.79 Å². The van der Waals surface area contributed by atoms with Crippen molar-refractivity contribution in [3.8, 4) is 0 Å². The van der Waals surface area contributed by atoms with Crippen LogP contribution in [0.5, 0.6) is 0 Å². The molecule has 0 bridgehead atoms. The Hall–Kier alpha value is -0.480. The largest absolute Gasteiger partial charge is 0.507 e. The number of carboxylic acid groups (broad SMARTS) is 1. The summed E-state index contributed by atoms with van der Waals surface area (Å²) >= 11 is 0. The predicted octanol–water partition coefficient (Wildman–Crippen LogP) is 1.59. The third kappa shape index (κ3) is 2.25. The van der Waals surface area contributed by atoms with E-state index in [1.54, 1.807) is 0 Å². The van der Waals surface area contributed by atoms with Gasteiger partial charge in [-0.1, -0.05) is 6.42 Å². The van der Waals surface area contributed by atoms with E-state index in [9.17, 15) is 4.79 Å². The molecule has 1 heterocycles. The number of ether oxygens (including phenoxy) is 1. The van der Waals surface area contributed by atoms with Crippen molar-refractivity contribution in [1.29, 1.82) is 0 Å². The van der Waals surface area contributed by atoms with Gasteiger partial charge in [0.05, 0.1) is 0 Å². The van der Waals surface area contributed by atoms with Crippen LogP contribution >= 0.6 is 12.4 Å². The first-order valence-electron chi connectivity index (χ1n) is 4.41. The third-order valence-electron chi connectivity index (χ3n) is 2.82. The average Bonchev–Trinajstić information content (AvgIpc) is 2.43. The van der Waals surface area contributed by atoms with Crippen LogP contribution in [0, 0.1) is 5.92 Å². The van der Waals surface area contributed by atoms with Gasteiger partial charge in [0, 0.05) is 12.5 Å². The highest BCUT2D eigenvalue weighted by molar-refractivity contribution is 5.85. The summed E-state index contributed by atoms with van der Waals surface area (Å²) in [6.45, 7) is 0. The van der Waals surface area contributed by atoms with Gasteiger partial charge >= 0.3 is 6.16 Å². The van der Waals surface area contributed by atoms with Gasteiger partial charge in [0.25, 0.3) is 0 Å². The van der Waals surface area contributed by atoms with Crippen molar-refractivity contribution >= 4 is 18.6 Å². The number of hydrogen-bond donors (Lipinski definition) is 2. The van der Waals surface area contributed by atoms with Crippen LogP contribution in [0.25, 0.3) is 0 Å². The van der Waals surface area contributed by atoms with Gasteiger partial charge in [-0.2, -0.15) is 0 Å². The molecule has 3 unspecified atom stereocenters. The summed E-state index contributed by atoms with van der Waals surface area (Å²) < 4.78 is 4.65. The lowest BCUT2D eigenvalue weighted by Crippen LogP contribution is -2.32. The van der Waals surface area contributed by atoms with Gasteiger partial charge in [0.15, 0.2) is 6.23 Å². The first-order chi connectivity index (χ1) is 5.75. The second-order valence-electron chi connectivity index (χ2n) is 3.57. The Kier molecular flexibility index (Phi) is 3.39. The highest BCUT2D eigenvalue weighted by Gasteiger charge is 2.38. The maximum atomic E-state index is 10.2. The molecule has 13 heavy (non-hydrogen) atoms. The summed E-state index contributed by atoms with van der Waals surface area (Å²) in [5, 5.41) is 11.6. The van der Waals surface area contributed by atoms with Crippen molar-refractivity contribution in [2.24, 2.45) is 5.92 Å². The molecule has 2 fully saturated rings. The van der Waals surface area contributed by atoms with E-state index in [0.29, 0.717) is 12.0 Å². The Morgan fingerprint density at radius 3 is 2.85 bits per heavy atom. The second-order valence-corrected chi connectivity index (χ2v) is 3.57. The zero-order valence-electron chi connectivity index (χ0n) is 7.23. The van der Waals surface area contributed by atoms with Crippen molar-refractivity contribution in [1.82, 2.24) is 5.32 Å². The molecule has 0 amide bonds. The maximum Gasteiger partial charge on any atom is 0.507 e. The van der Waals surface area contributed by atoms with E-state index < -0.39 is 6.16 Å². The summed E-state index contributed by atoms with van der Waals surface area (Å²) in [5.41, 5.74) is 0. The number of hydrogen-bond acceptors (Lipinski definition) is 3. The predicted molar refractivity (Wildman–Crippen MR) is 49.0 cm³/mol. The Morgan fingerprint density at radius 1 is 1.46 bits per heavy atom. The smallest absolute Gasteiger partial charge is 0.450 e. The zero-order valence-corrected chi connectivity index (χ0v) is 8.05. The quantitative estimate of drug-likeness (QED) is 0.642. The van der Waals surface area contributed by atoms with Crippen LogP contribution in [0.3, 0.4) is 0 Å². The molecule has 1 saturated carbocycles. The van der Waals surface area contributed by atoms with E-state index in [-0.39, 0.29) is 18.6 Å². The maximum absolute atomic E-state index is 10.2. The van der Waals surface area contributed by atoms with Gasteiger partial charge in [0.2, 0.25) is 0 Å². The minimum atomic E-state index is -1.17. The second kappa shape index (κ2) is 4.15. The highest BCUT2D eigenvalue weighted by Crippen LogP contribution is 2.34. The first-order valence-corrected chi connectivity index (χ1v) is 4.41. The molecule has 2 rings (SSSR count). The van der Waals surface area contributed by atoms with Crippen LogP contribution < -0.4 is 5.32 Å². The Morgan fingerprint density at radius 2 is 2.23 bits per heavy atom. The van der Waals surface area contributed by atoms with Gasteiger partial charge in [-0.15, -0.1) is 12.4 Å². The third-order valence-corrected chi connectivity index (χ3v) is 2.82. The number of carbonyl (C=O) groups is 1. The molecule has 2 N–H and O–H groups in total. The summed E-state index contributed by atoms with van der Waals surface area (Å²) in [6.07, 6.45) is 3.09. The molecule has 1 aliphatic heterocycles. The normalized spacial score (nSPS) is 36.5. The van der Waals surface area contributed by atoms with Crippen LogP contribution in [0.1, 0.15) is 25.7 Å². The topological polar surface area (TPSA) is 58.6 Å². The summed E-state index contributed by atoms with van der Waals surface area (Å²) in [6, 6.07) is 0.509. The Balaban J connectivity index is 0.000000845. The molecule has 1 saturated heterocycles. The molecule has 3 atom stereocenters. The minimum absolute atomic E-state index is 0. The van der Waals surface area contributed by atoms with Crippen molar-refractivity contribution < 1.29 is 14.6 Å². The van der Waals surface area contributed by atoms with Crippen molar-refractivity contribution in [2.75, 3.05) is 0 Å². The standard InChI is InChI=1S/C8H13NO3.ClH/c10-8(11)12-7-4-5-2-1-3-6(5)9-7;/h5-7,9H,1-4H2,(H,10,11);1H. The first kappa shape index (κ1) is 10.6. The number of halogens is 1. The molecular weight excluding hydrogens is 194 g/mol. The molecule has 4 nitrogen and oxygen atoms in total. The van der Waals surface area contributed by atoms with Gasteiger partial charge in [0.1, 0.15) is 0 Å². The lowest BCUT2D eigenvalue weighted by Gasteiger charge is -2.10. The number of nitrogens with one attached hydrogen (secondary N) is 1. The van der Waals surface area contributed by atoms with E-state index in [1.807, 2.05) is 0 Å². The van der Waals surface area contributed by atoms with Gasteiger partial charge in [-0.3, -0.25) is 5.32 Å². The minimum Gasteiger partial charge on any atom is -0.450 e. The van der Waals surface area contributed by atoms with Crippen molar-refractivity contribution in [3.05, 3.63) is 0 Å². The fourth-order valence-corrected chi connectivity index (χ4v) is 2.32. The van der Waals surface area contributed by atoms with E-state index >= 15 is 0 Å². The van der Waals surface area contributed by atoms with Crippen molar-refractivity contribution in [2.45, 2.75) is 38.0 Å². The lowest BCUT2D eigenvalue weighted by atomic mass is 10.0. The number of rotatable bonds is 1. The SMILES string of the molecule is Cl.O=C(O)OC1CC2CCCC2N1. The zero-order chi connectivity index (χ0) is 8.55.